The number of hydrogen-bond acceptors (Lipinski definition) is 3. The minimum atomic E-state index is -0.389. The maximum Gasteiger partial charge on any atom is 0.248 e. The minimum Gasteiger partial charge on any atom is -0.392 e. The second-order valence-electron chi connectivity index (χ2n) is 10.3. The van der Waals surface area contributed by atoms with E-state index in [0.29, 0.717) is 23.3 Å². The van der Waals surface area contributed by atoms with Crippen molar-refractivity contribution in [2.75, 3.05) is 12.4 Å². The first kappa shape index (κ1) is 20.6. The van der Waals surface area contributed by atoms with Gasteiger partial charge in [0, 0.05) is 18.3 Å². The maximum absolute atomic E-state index is 11.6. The molecule has 2 aromatic rings. The van der Waals surface area contributed by atoms with Crippen molar-refractivity contribution in [1.29, 1.82) is 0 Å². The van der Waals surface area contributed by atoms with Crippen LogP contribution in [0.5, 0.6) is 0 Å². The minimum absolute atomic E-state index is 0.00442. The van der Waals surface area contributed by atoms with Crippen LogP contribution in [0.15, 0.2) is 42.5 Å². The standard InChI is InChI=1S/C27H34N2O2/c1-27-11-10-22-21-9-7-20(29-2)14-17(21)6-8-23(22)24(27)15-19(25(27)30)13-16-4-3-5-18(12-16)26(28)31/h3-5,7,9,12,14,19,22-25,29-30H,6,8,10-11,13,15H2,1-2H3,(H2,28,31)/t19-,22+,23+,24-,25-,27-/m0/s1. The van der Waals surface area contributed by atoms with Gasteiger partial charge in [-0.25, -0.2) is 0 Å². The Kier molecular flexibility index (Phi) is 5.09. The number of nitrogens with two attached hydrogens (primary N) is 1. The van der Waals surface area contributed by atoms with Gasteiger partial charge in [0.25, 0.3) is 0 Å². The SMILES string of the molecule is CNc1ccc2c(c1)CC[C@@H]1[C@@H]2CC[C@]2(C)[C@@H](O)[C@@H](Cc3cccc(C(N)=O)c3)C[C@@H]12. The van der Waals surface area contributed by atoms with E-state index in [9.17, 15) is 9.90 Å². The molecule has 164 valence electrons. The first-order valence-electron chi connectivity index (χ1n) is 11.8. The third-order valence-corrected chi connectivity index (χ3v) is 8.84. The van der Waals surface area contributed by atoms with Crippen molar-refractivity contribution in [2.45, 2.75) is 57.5 Å². The molecule has 0 bridgehead atoms. The van der Waals surface area contributed by atoms with E-state index in [0.717, 1.165) is 31.2 Å². The van der Waals surface area contributed by atoms with Crippen LogP contribution in [0, 0.1) is 23.2 Å². The van der Waals surface area contributed by atoms with E-state index in [2.05, 4.69) is 36.5 Å². The van der Waals surface area contributed by atoms with Crippen LogP contribution >= 0.6 is 0 Å². The van der Waals surface area contributed by atoms with Crippen molar-refractivity contribution >= 4 is 11.6 Å². The lowest BCUT2D eigenvalue weighted by Crippen LogP contribution is -2.44. The molecule has 31 heavy (non-hydrogen) atoms. The van der Waals surface area contributed by atoms with Gasteiger partial charge in [-0.1, -0.05) is 25.1 Å². The highest BCUT2D eigenvalue weighted by Gasteiger charge is 2.57. The summed E-state index contributed by atoms with van der Waals surface area (Å²) in [5, 5.41) is 14.7. The van der Waals surface area contributed by atoms with Crippen LogP contribution < -0.4 is 11.1 Å². The van der Waals surface area contributed by atoms with Gasteiger partial charge < -0.3 is 16.2 Å². The van der Waals surface area contributed by atoms with Crippen LogP contribution in [0.1, 0.15) is 65.6 Å². The number of aryl methyl sites for hydroxylation is 1. The van der Waals surface area contributed by atoms with Crippen molar-refractivity contribution in [3.63, 3.8) is 0 Å². The summed E-state index contributed by atoms with van der Waals surface area (Å²) in [4.78, 5) is 11.6. The van der Waals surface area contributed by atoms with Gasteiger partial charge in [-0.2, -0.15) is 0 Å². The quantitative estimate of drug-likeness (QED) is 0.684. The molecule has 2 fully saturated rings. The number of carbonyl (C=O) groups excluding carboxylic acids is 1. The van der Waals surface area contributed by atoms with Crippen molar-refractivity contribution < 1.29 is 9.90 Å². The number of fused-ring (bicyclic) bond motifs is 5. The highest BCUT2D eigenvalue weighted by molar-refractivity contribution is 5.92. The molecular formula is C27H34N2O2. The van der Waals surface area contributed by atoms with E-state index >= 15 is 0 Å². The summed E-state index contributed by atoms with van der Waals surface area (Å²) in [6.45, 7) is 2.33. The van der Waals surface area contributed by atoms with Crippen LogP contribution in [-0.4, -0.2) is 24.2 Å². The highest BCUT2D eigenvalue weighted by Crippen LogP contribution is 2.62. The van der Waals surface area contributed by atoms with Crippen molar-refractivity contribution in [2.24, 2.45) is 28.9 Å². The molecule has 0 spiro atoms. The van der Waals surface area contributed by atoms with E-state index in [4.69, 9.17) is 5.73 Å². The van der Waals surface area contributed by atoms with Gasteiger partial charge in [-0.3, -0.25) is 4.79 Å². The van der Waals surface area contributed by atoms with Crippen LogP contribution in [0.2, 0.25) is 0 Å². The Hall–Kier alpha value is -2.33. The normalized spacial score (nSPS) is 33.8. The predicted octanol–water partition coefficient (Wildman–Crippen LogP) is 4.51. The molecule has 5 rings (SSSR count). The predicted molar refractivity (Wildman–Crippen MR) is 124 cm³/mol. The number of anilines is 1. The molecule has 0 saturated heterocycles. The largest absolute Gasteiger partial charge is 0.392 e. The third-order valence-electron chi connectivity index (χ3n) is 8.84. The molecule has 0 aliphatic heterocycles. The topological polar surface area (TPSA) is 75.3 Å². The van der Waals surface area contributed by atoms with Crippen molar-refractivity contribution in [3.8, 4) is 0 Å². The molecular weight excluding hydrogens is 384 g/mol. The number of rotatable bonds is 4. The molecule has 0 aromatic heterocycles. The number of aliphatic hydroxyl groups excluding tert-OH is 1. The number of aliphatic hydroxyl groups is 1. The number of primary amides is 1. The molecule has 2 saturated carbocycles. The van der Waals surface area contributed by atoms with E-state index in [1.807, 2.05) is 19.2 Å². The van der Waals surface area contributed by atoms with Crippen LogP contribution in [0.3, 0.4) is 0 Å². The van der Waals surface area contributed by atoms with Gasteiger partial charge in [-0.15, -0.1) is 0 Å². The molecule has 1 amide bonds. The number of hydrogen-bond donors (Lipinski definition) is 3. The molecule has 0 radical (unpaired) electrons. The van der Waals surface area contributed by atoms with Gasteiger partial charge >= 0.3 is 0 Å². The van der Waals surface area contributed by atoms with Crippen molar-refractivity contribution in [3.05, 3.63) is 64.7 Å². The Bertz CT molecular complexity index is 1000. The van der Waals surface area contributed by atoms with Gasteiger partial charge in [0.15, 0.2) is 0 Å². The fourth-order valence-electron chi connectivity index (χ4n) is 7.24. The van der Waals surface area contributed by atoms with E-state index in [1.165, 1.54) is 24.1 Å². The first-order chi connectivity index (χ1) is 14.9. The van der Waals surface area contributed by atoms with Gasteiger partial charge in [0.2, 0.25) is 5.91 Å². The number of benzene rings is 2. The summed E-state index contributed by atoms with van der Waals surface area (Å²) in [6.07, 6.45) is 6.22. The Balaban J connectivity index is 1.39. The van der Waals surface area contributed by atoms with E-state index in [1.54, 1.807) is 11.6 Å². The first-order valence-corrected chi connectivity index (χ1v) is 11.8. The lowest BCUT2D eigenvalue weighted by atomic mass is 9.55. The summed E-state index contributed by atoms with van der Waals surface area (Å²) >= 11 is 0. The molecule has 6 atom stereocenters. The molecule has 3 aliphatic carbocycles. The van der Waals surface area contributed by atoms with Crippen molar-refractivity contribution in [1.82, 2.24) is 0 Å². The van der Waals surface area contributed by atoms with Crippen LogP contribution in [-0.2, 0) is 12.8 Å². The monoisotopic (exact) mass is 418 g/mol. The Morgan fingerprint density at radius 1 is 1.23 bits per heavy atom. The summed E-state index contributed by atoms with van der Waals surface area (Å²) in [5.74, 6) is 1.69. The average Bonchev–Trinajstić information content (AvgIpc) is 3.03. The highest BCUT2D eigenvalue weighted by atomic mass is 16.3. The summed E-state index contributed by atoms with van der Waals surface area (Å²) in [5.41, 5.74) is 11.4. The van der Waals surface area contributed by atoms with Gasteiger partial charge in [0.1, 0.15) is 0 Å². The molecule has 4 nitrogen and oxygen atoms in total. The van der Waals surface area contributed by atoms with E-state index in [-0.39, 0.29) is 23.3 Å². The lowest BCUT2D eigenvalue weighted by Gasteiger charge is -2.50. The molecule has 3 aliphatic rings. The Morgan fingerprint density at radius 2 is 2.06 bits per heavy atom. The second kappa shape index (κ2) is 7.67. The molecule has 0 heterocycles. The fourth-order valence-corrected chi connectivity index (χ4v) is 7.24. The molecule has 2 aromatic carbocycles. The zero-order valence-electron chi connectivity index (χ0n) is 18.6. The Morgan fingerprint density at radius 3 is 2.84 bits per heavy atom. The molecule has 0 unspecified atom stereocenters. The second-order valence-corrected chi connectivity index (χ2v) is 10.3. The number of carbonyl (C=O) groups is 1. The number of amides is 1. The fraction of sp³-hybridized carbons (Fsp3) is 0.519. The molecule has 4 N–H and O–H groups in total. The summed E-state index contributed by atoms with van der Waals surface area (Å²) in [7, 11) is 1.98. The Labute approximate surface area is 185 Å². The third kappa shape index (κ3) is 3.36. The lowest BCUT2D eigenvalue weighted by molar-refractivity contribution is -0.0325. The zero-order chi connectivity index (χ0) is 21.8. The zero-order valence-corrected chi connectivity index (χ0v) is 18.6. The van der Waals surface area contributed by atoms with Gasteiger partial charge in [0.05, 0.1) is 6.10 Å². The average molecular weight is 419 g/mol. The van der Waals surface area contributed by atoms with Crippen LogP contribution in [0.4, 0.5) is 5.69 Å². The molecule has 4 heteroatoms. The summed E-state index contributed by atoms with van der Waals surface area (Å²) < 4.78 is 0. The summed E-state index contributed by atoms with van der Waals surface area (Å²) in [6, 6.07) is 14.5. The van der Waals surface area contributed by atoms with E-state index < -0.39 is 0 Å². The number of nitrogens with one attached hydrogen (secondary N) is 1. The van der Waals surface area contributed by atoms with Gasteiger partial charge in [-0.05, 0) is 109 Å². The van der Waals surface area contributed by atoms with Crippen LogP contribution in [0.25, 0.3) is 0 Å². The maximum atomic E-state index is 11.6. The smallest absolute Gasteiger partial charge is 0.248 e.